The second-order valence-corrected chi connectivity index (χ2v) is 3.37. The molecule has 0 fully saturated rings. The van der Waals surface area contributed by atoms with E-state index < -0.39 is 0 Å². The third-order valence-electron chi connectivity index (χ3n) is 2.40. The highest BCUT2D eigenvalue weighted by Crippen LogP contribution is 2.15. The van der Waals surface area contributed by atoms with Crippen LogP contribution in [-0.2, 0) is 0 Å². The smallest absolute Gasteiger partial charge is 0.161 e. The average Bonchev–Trinajstić information content (AvgIpc) is 2.64. The van der Waals surface area contributed by atoms with Crippen molar-refractivity contribution in [3.63, 3.8) is 0 Å². The molecule has 1 aromatic rings. The van der Waals surface area contributed by atoms with Gasteiger partial charge < -0.3 is 4.90 Å². The van der Waals surface area contributed by atoms with E-state index in [0.717, 1.165) is 17.2 Å². The number of nitrogens with zero attached hydrogens (tertiary/aromatic N) is 2. The zero-order valence-electron chi connectivity index (χ0n) is 10.4. The van der Waals surface area contributed by atoms with Crippen LogP contribution in [0.3, 0.4) is 0 Å². The van der Waals surface area contributed by atoms with Gasteiger partial charge in [-0.3, -0.25) is 5.43 Å². The van der Waals surface area contributed by atoms with Crippen LogP contribution in [0.1, 0.15) is 25.0 Å². The number of nitrogens with one attached hydrogen (secondary N) is 1. The summed E-state index contributed by atoms with van der Waals surface area (Å²) in [4.78, 5) is 1.95. The van der Waals surface area contributed by atoms with Gasteiger partial charge in [0.2, 0.25) is 0 Å². The van der Waals surface area contributed by atoms with Crippen molar-refractivity contribution in [1.82, 2.24) is 10.3 Å². The predicted octanol–water partition coefficient (Wildman–Crippen LogP) is 2.69. The molecule has 16 heavy (non-hydrogen) atoms. The molecule has 86 valence electrons. The molecular weight excluding hydrogens is 198 g/mol. The van der Waals surface area contributed by atoms with E-state index in [1.165, 1.54) is 5.56 Å². The zero-order chi connectivity index (χ0) is 12.1. The van der Waals surface area contributed by atoms with E-state index in [0.29, 0.717) is 0 Å². The number of hydrogen-bond donors (Lipinski definition) is 1. The lowest BCUT2D eigenvalue weighted by atomic mass is 10.1. The summed E-state index contributed by atoms with van der Waals surface area (Å²) in [5.74, 6) is 1.73. The highest BCUT2D eigenvalue weighted by Gasteiger charge is 2.18. The van der Waals surface area contributed by atoms with Gasteiger partial charge in [-0.25, -0.2) is 0 Å². The average molecular weight is 217 g/mol. The lowest BCUT2D eigenvalue weighted by molar-refractivity contribution is 0.618. The van der Waals surface area contributed by atoms with Gasteiger partial charge in [-0.2, -0.15) is 5.10 Å². The Morgan fingerprint density at radius 2 is 1.88 bits per heavy atom. The van der Waals surface area contributed by atoms with E-state index in [9.17, 15) is 0 Å². The van der Waals surface area contributed by atoms with E-state index >= 15 is 0 Å². The van der Waals surface area contributed by atoms with Gasteiger partial charge in [0.05, 0.1) is 0 Å². The first-order valence-electron chi connectivity index (χ1n) is 5.52. The molecule has 3 heteroatoms. The van der Waals surface area contributed by atoms with Gasteiger partial charge in [-0.1, -0.05) is 44.7 Å². The molecule has 0 aliphatic carbocycles. The molecule has 1 aromatic carbocycles. The van der Waals surface area contributed by atoms with Crippen LogP contribution < -0.4 is 5.43 Å². The molecule has 1 heterocycles. The maximum Gasteiger partial charge on any atom is 0.161 e. The second kappa shape index (κ2) is 5.35. The van der Waals surface area contributed by atoms with E-state index in [2.05, 4.69) is 36.2 Å². The van der Waals surface area contributed by atoms with E-state index in [1.807, 2.05) is 37.9 Å². The molecule has 0 amide bonds. The summed E-state index contributed by atoms with van der Waals surface area (Å²) < 4.78 is 0. The molecule has 3 nitrogen and oxygen atoms in total. The topological polar surface area (TPSA) is 27.6 Å². The lowest BCUT2D eigenvalue weighted by Gasteiger charge is -2.14. The summed E-state index contributed by atoms with van der Waals surface area (Å²) >= 11 is 0. The van der Waals surface area contributed by atoms with Gasteiger partial charge in [0.15, 0.2) is 5.84 Å². The van der Waals surface area contributed by atoms with Gasteiger partial charge >= 0.3 is 0 Å². The van der Waals surface area contributed by atoms with Crippen molar-refractivity contribution in [3.8, 4) is 0 Å². The van der Waals surface area contributed by atoms with Crippen molar-refractivity contribution in [3.05, 3.63) is 47.8 Å². The monoisotopic (exact) mass is 217 g/mol. The third kappa shape index (κ3) is 2.24. The molecule has 0 aromatic heterocycles. The molecule has 0 saturated carbocycles. The Hall–Kier alpha value is -1.77. The van der Waals surface area contributed by atoms with Gasteiger partial charge in [0.25, 0.3) is 0 Å². The van der Waals surface area contributed by atoms with E-state index in [-0.39, 0.29) is 0 Å². The Morgan fingerprint density at radius 3 is 2.38 bits per heavy atom. The van der Waals surface area contributed by atoms with Crippen molar-refractivity contribution in [2.24, 2.45) is 5.10 Å². The van der Waals surface area contributed by atoms with Crippen molar-refractivity contribution in [2.45, 2.75) is 20.8 Å². The first-order chi connectivity index (χ1) is 7.70. The van der Waals surface area contributed by atoms with Crippen LogP contribution in [0.4, 0.5) is 0 Å². The van der Waals surface area contributed by atoms with Crippen LogP contribution in [0.2, 0.25) is 0 Å². The van der Waals surface area contributed by atoms with Crippen molar-refractivity contribution in [1.29, 1.82) is 0 Å². The highest BCUT2D eigenvalue weighted by atomic mass is 15.5. The Kier molecular flexibility index (Phi) is 4.11. The molecule has 0 atom stereocenters. The Balaban J connectivity index is 0.000000606. The summed E-state index contributed by atoms with van der Waals surface area (Å²) in [6, 6.07) is 8.17. The van der Waals surface area contributed by atoms with E-state index in [1.54, 1.807) is 0 Å². The fourth-order valence-electron chi connectivity index (χ4n) is 1.46. The van der Waals surface area contributed by atoms with Crippen LogP contribution in [0.5, 0.6) is 0 Å². The SMILES string of the molecule is C=C1NN=C(c2ccccc2C)N1C.CC. The van der Waals surface area contributed by atoms with Crippen molar-refractivity contribution < 1.29 is 0 Å². The quantitative estimate of drug-likeness (QED) is 0.783. The summed E-state index contributed by atoms with van der Waals surface area (Å²) in [7, 11) is 1.95. The molecule has 0 spiro atoms. The fourth-order valence-corrected chi connectivity index (χ4v) is 1.46. The normalized spacial score (nSPS) is 13.9. The van der Waals surface area contributed by atoms with Gasteiger partial charge in [0.1, 0.15) is 5.82 Å². The largest absolute Gasteiger partial charge is 0.313 e. The first-order valence-corrected chi connectivity index (χ1v) is 5.52. The minimum Gasteiger partial charge on any atom is -0.313 e. The summed E-state index contributed by atoms with van der Waals surface area (Å²) in [6.07, 6.45) is 0. The van der Waals surface area contributed by atoms with Crippen LogP contribution in [0, 0.1) is 6.92 Å². The summed E-state index contributed by atoms with van der Waals surface area (Å²) in [6.45, 7) is 9.92. The van der Waals surface area contributed by atoms with Crippen LogP contribution in [0.25, 0.3) is 0 Å². The lowest BCUT2D eigenvalue weighted by Crippen LogP contribution is -2.23. The van der Waals surface area contributed by atoms with Gasteiger partial charge in [0, 0.05) is 12.6 Å². The molecule has 1 aliphatic rings. The third-order valence-corrected chi connectivity index (χ3v) is 2.40. The van der Waals surface area contributed by atoms with E-state index in [4.69, 9.17) is 0 Å². The molecule has 2 rings (SSSR count). The van der Waals surface area contributed by atoms with Crippen LogP contribution in [-0.4, -0.2) is 17.8 Å². The molecule has 0 saturated heterocycles. The number of hydrazone groups is 1. The number of rotatable bonds is 1. The number of benzene rings is 1. The van der Waals surface area contributed by atoms with Crippen molar-refractivity contribution in [2.75, 3.05) is 7.05 Å². The summed E-state index contributed by atoms with van der Waals surface area (Å²) in [5.41, 5.74) is 5.22. The highest BCUT2D eigenvalue weighted by molar-refractivity contribution is 6.01. The van der Waals surface area contributed by atoms with Crippen molar-refractivity contribution >= 4 is 5.84 Å². The number of amidine groups is 1. The second-order valence-electron chi connectivity index (χ2n) is 3.37. The number of hydrogen-bond acceptors (Lipinski definition) is 3. The first kappa shape index (κ1) is 12.3. The molecule has 0 unspecified atom stereocenters. The Labute approximate surface area is 97.5 Å². The van der Waals surface area contributed by atoms with Crippen LogP contribution in [0.15, 0.2) is 41.8 Å². The molecule has 1 aliphatic heterocycles. The van der Waals surface area contributed by atoms with Gasteiger partial charge in [-0.05, 0) is 12.5 Å². The predicted molar refractivity (Wildman–Crippen MR) is 69.1 cm³/mol. The maximum absolute atomic E-state index is 4.22. The van der Waals surface area contributed by atoms with Crippen LogP contribution >= 0.6 is 0 Å². The zero-order valence-corrected chi connectivity index (χ0v) is 10.4. The molecular formula is C13H19N3. The Morgan fingerprint density at radius 1 is 1.25 bits per heavy atom. The fraction of sp³-hybridized carbons (Fsp3) is 0.308. The minimum atomic E-state index is 0.809. The summed E-state index contributed by atoms with van der Waals surface area (Å²) in [5, 5.41) is 4.22. The standard InChI is InChI=1S/C11H13N3.C2H6/c1-8-6-4-5-7-10(8)11-13-12-9(2)14(11)3;1-2/h4-7,12H,2H2,1,3H3;1-2H3. The molecule has 0 radical (unpaired) electrons. The molecule has 0 bridgehead atoms. The maximum atomic E-state index is 4.22. The number of aryl methyl sites for hydroxylation is 1. The molecule has 1 N–H and O–H groups in total. The minimum absolute atomic E-state index is 0.809. The van der Waals surface area contributed by atoms with Gasteiger partial charge in [-0.15, -0.1) is 0 Å². The Bertz CT molecular complexity index is 407.